The molecule has 2 aliphatic heterocycles. The number of amides is 1. The van der Waals surface area contributed by atoms with Gasteiger partial charge in [-0.15, -0.1) is 22.7 Å². The lowest BCUT2D eigenvalue weighted by Crippen LogP contribution is -2.31. The lowest BCUT2D eigenvalue weighted by Gasteiger charge is -2.30. The molecule has 4 heterocycles. The summed E-state index contributed by atoms with van der Waals surface area (Å²) in [6.45, 7) is 3.39. The number of nitro groups is 1. The van der Waals surface area contributed by atoms with Crippen LogP contribution in [0.15, 0.2) is 125 Å². The summed E-state index contributed by atoms with van der Waals surface area (Å²) in [4.78, 5) is 33.5. The van der Waals surface area contributed by atoms with Crippen LogP contribution >= 0.6 is 22.7 Å². The summed E-state index contributed by atoms with van der Waals surface area (Å²) in [5.41, 5.74) is 6.77. The Morgan fingerprint density at radius 2 is 1.64 bits per heavy atom. The SMILES string of the molecule is O=C(NS(=O)(=O)c1ccc(NCC2CCOCC2)c([N+](=O)[O-])c1)c1ccc(N2CCC(=Cc3ccccc3-c3ccc(-c4nc(-c5ccccc5)cs4)s3)CC2)cc1. The lowest BCUT2D eigenvalue weighted by molar-refractivity contribution is -0.384. The van der Waals surface area contributed by atoms with Crippen LogP contribution in [0.3, 0.4) is 0 Å². The topological polar surface area (TPSA) is 144 Å². The van der Waals surface area contributed by atoms with E-state index in [2.05, 4.69) is 74.9 Å². The molecule has 2 saturated heterocycles. The summed E-state index contributed by atoms with van der Waals surface area (Å²) in [7, 11) is -4.39. The number of piperidine rings is 1. The van der Waals surface area contributed by atoms with Gasteiger partial charge in [0.1, 0.15) is 10.7 Å². The Hall–Kier alpha value is -5.67. The van der Waals surface area contributed by atoms with E-state index >= 15 is 0 Å². The number of hydrogen-bond donors (Lipinski definition) is 2. The number of carbonyl (C=O) groups excluding carboxylic acids is 1. The van der Waals surface area contributed by atoms with Gasteiger partial charge in [0.05, 0.1) is 20.4 Å². The molecule has 0 aliphatic carbocycles. The summed E-state index contributed by atoms with van der Waals surface area (Å²) in [5, 5.41) is 18.1. The fourth-order valence-electron chi connectivity index (χ4n) is 7.24. The predicted molar refractivity (Wildman–Crippen MR) is 232 cm³/mol. The molecule has 4 aromatic carbocycles. The molecule has 1 amide bonds. The minimum Gasteiger partial charge on any atom is -0.381 e. The Morgan fingerprint density at radius 1 is 0.914 bits per heavy atom. The van der Waals surface area contributed by atoms with Gasteiger partial charge in [0.2, 0.25) is 0 Å². The first-order chi connectivity index (χ1) is 28.2. The van der Waals surface area contributed by atoms with Crippen LogP contribution < -0.4 is 14.9 Å². The average Bonchev–Trinajstić information content (AvgIpc) is 3.95. The van der Waals surface area contributed by atoms with E-state index in [0.717, 1.165) is 71.7 Å². The van der Waals surface area contributed by atoms with Gasteiger partial charge >= 0.3 is 0 Å². The Kier molecular flexibility index (Phi) is 11.8. The maximum Gasteiger partial charge on any atom is 0.293 e. The predicted octanol–water partition coefficient (Wildman–Crippen LogP) is 9.75. The van der Waals surface area contributed by atoms with Crippen LogP contribution in [0.25, 0.3) is 37.7 Å². The molecule has 6 aromatic rings. The third kappa shape index (κ3) is 9.05. The van der Waals surface area contributed by atoms with E-state index in [1.165, 1.54) is 33.7 Å². The van der Waals surface area contributed by atoms with Crippen molar-refractivity contribution < 1.29 is 22.9 Å². The highest BCUT2D eigenvalue weighted by Crippen LogP contribution is 2.39. The van der Waals surface area contributed by atoms with Gasteiger partial charge in [-0.1, -0.05) is 66.2 Å². The van der Waals surface area contributed by atoms with E-state index in [-0.39, 0.29) is 21.8 Å². The second-order valence-electron chi connectivity index (χ2n) is 14.3. The largest absolute Gasteiger partial charge is 0.381 e. The Bertz CT molecular complexity index is 2550. The van der Waals surface area contributed by atoms with Crippen LogP contribution in [0.1, 0.15) is 41.6 Å². The number of thiazole rings is 1. The average molecular weight is 832 g/mol. The number of hydrogen-bond acceptors (Lipinski definition) is 11. The standard InChI is InChI=1S/C44H41N5O6S3/c50-43(47-58(53,54)36-14-15-38(40(27-36)49(51)52)45-28-31-20-24-55-25-21-31)33-10-12-35(13-11-33)48-22-18-30(19-23-48)26-34-8-4-5-9-37(34)41-16-17-42(57-41)44-46-39(29-56-44)32-6-2-1-3-7-32/h1-17,26-27,29,31,45H,18-25,28H2,(H,47,50). The van der Waals surface area contributed by atoms with E-state index in [0.29, 0.717) is 25.7 Å². The molecule has 14 heteroatoms. The molecule has 0 atom stereocenters. The van der Waals surface area contributed by atoms with Crippen LogP contribution in [0.5, 0.6) is 0 Å². The first-order valence-corrected chi connectivity index (χ1v) is 22.3. The van der Waals surface area contributed by atoms with Crippen molar-refractivity contribution in [1.29, 1.82) is 0 Å². The quantitative estimate of drug-likeness (QED) is 0.0910. The lowest BCUT2D eigenvalue weighted by atomic mass is 9.97. The minimum atomic E-state index is -4.39. The van der Waals surface area contributed by atoms with Crippen LogP contribution in [0.2, 0.25) is 0 Å². The third-order valence-corrected chi connectivity index (χ3v) is 14.0. The van der Waals surface area contributed by atoms with Crippen molar-refractivity contribution in [1.82, 2.24) is 9.71 Å². The van der Waals surface area contributed by atoms with Crippen molar-refractivity contribution in [2.24, 2.45) is 5.92 Å². The van der Waals surface area contributed by atoms with Crippen LogP contribution in [-0.2, 0) is 14.8 Å². The molecule has 2 aromatic heterocycles. The smallest absolute Gasteiger partial charge is 0.293 e. The van der Waals surface area contributed by atoms with Gasteiger partial charge in [-0.25, -0.2) is 18.1 Å². The van der Waals surface area contributed by atoms with Gasteiger partial charge in [-0.05, 0) is 91.3 Å². The number of aromatic nitrogens is 1. The second-order valence-corrected chi connectivity index (χ2v) is 17.9. The van der Waals surface area contributed by atoms with Gasteiger partial charge in [-0.3, -0.25) is 14.9 Å². The Balaban J connectivity index is 0.879. The summed E-state index contributed by atoms with van der Waals surface area (Å²) < 4.78 is 33.8. The Labute approximate surface area is 345 Å². The van der Waals surface area contributed by atoms with Gasteiger partial charge in [0.15, 0.2) is 0 Å². The zero-order chi connectivity index (χ0) is 40.1. The number of anilines is 2. The van der Waals surface area contributed by atoms with Gasteiger partial charge in [0, 0.05) is 66.0 Å². The first-order valence-electron chi connectivity index (χ1n) is 19.1. The molecule has 0 bridgehead atoms. The maximum atomic E-state index is 13.2. The number of sulfonamides is 1. The number of rotatable bonds is 12. The first kappa shape index (κ1) is 39.2. The van der Waals surface area contributed by atoms with Crippen molar-refractivity contribution in [2.45, 2.75) is 30.6 Å². The molecule has 296 valence electrons. The summed E-state index contributed by atoms with van der Waals surface area (Å²) in [6.07, 6.45) is 5.75. The van der Waals surface area contributed by atoms with Crippen molar-refractivity contribution >= 4 is 61.7 Å². The third-order valence-electron chi connectivity index (χ3n) is 10.5. The number of nitro benzene ring substituents is 1. The van der Waals surface area contributed by atoms with E-state index in [4.69, 9.17) is 9.72 Å². The molecule has 2 aliphatic rings. The number of nitrogens with one attached hydrogen (secondary N) is 2. The van der Waals surface area contributed by atoms with E-state index in [1.807, 2.05) is 30.3 Å². The maximum absolute atomic E-state index is 13.2. The van der Waals surface area contributed by atoms with E-state index < -0.39 is 20.9 Å². The normalized spacial score (nSPS) is 14.9. The van der Waals surface area contributed by atoms with Crippen molar-refractivity contribution in [3.63, 3.8) is 0 Å². The molecule has 2 fully saturated rings. The zero-order valence-electron chi connectivity index (χ0n) is 31.5. The van der Waals surface area contributed by atoms with Crippen LogP contribution in [0, 0.1) is 16.0 Å². The van der Waals surface area contributed by atoms with Crippen LogP contribution in [0.4, 0.5) is 17.1 Å². The van der Waals surface area contributed by atoms with Crippen molar-refractivity contribution in [2.75, 3.05) is 43.1 Å². The summed E-state index contributed by atoms with van der Waals surface area (Å²) >= 11 is 3.41. The molecule has 58 heavy (non-hydrogen) atoms. The molecule has 0 radical (unpaired) electrons. The van der Waals surface area contributed by atoms with Crippen LogP contribution in [-0.4, -0.2) is 57.1 Å². The van der Waals surface area contributed by atoms with Gasteiger partial charge in [0.25, 0.3) is 21.6 Å². The fourth-order valence-corrected chi connectivity index (χ4v) is 10.2. The van der Waals surface area contributed by atoms with Gasteiger partial charge < -0.3 is 15.0 Å². The summed E-state index contributed by atoms with van der Waals surface area (Å²) in [6, 6.07) is 33.5. The molecule has 8 rings (SSSR count). The Morgan fingerprint density at radius 3 is 2.40 bits per heavy atom. The monoisotopic (exact) mass is 831 g/mol. The number of nitrogens with zero attached hydrogens (tertiary/aromatic N) is 3. The van der Waals surface area contributed by atoms with Gasteiger partial charge in [-0.2, -0.15) is 0 Å². The number of benzene rings is 4. The molecule has 0 spiro atoms. The van der Waals surface area contributed by atoms with E-state index in [1.54, 1.807) is 34.8 Å². The fraction of sp³-hybridized carbons (Fsp3) is 0.227. The second kappa shape index (κ2) is 17.4. The van der Waals surface area contributed by atoms with Crippen molar-refractivity contribution in [3.05, 3.63) is 141 Å². The highest BCUT2D eigenvalue weighted by Gasteiger charge is 2.25. The zero-order valence-corrected chi connectivity index (χ0v) is 34.0. The minimum absolute atomic E-state index is 0.161. The summed E-state index contributed by atoms with van der Waals surface area (Å²) in [5.74, 6) is -0.517. The molecule has 0 unspecified atom stereocenters. The number of carbonyl (C=O) groups is 1. The molecular formula is C44H41N5O6S3. The number of ether oxygens (including phenoxy) is 1. The molecule has 2 N–H and O–H groups in total. The highest BCUT2D eigenvalue weighted by molar-refractivity contribution is 7.90. The molecule has 11 nitrogen and oxygen atoms in total. The van der Waals surface area contributed by atoms with E-state index in [9.17, 15) is 23.3 Å². The molecule has 0 saturated carbocycles. The molecular weight excluding hydrogens is 791 g/mol. The number of thiophene rings is 1. The highest BCUT2D eigenvalue weighted by atomic mass is 32.2. The van der Waals surface area contributed by atoms with Crippen molar-refractivity contribution in [3.8, 4) is 31.6 Å².